The molecule has 5 heteroatoms. The van der Waals surface area contributed by atoms with E-state index < -0.39 is 0 Å². The summed E-state index contributed by atoms with van der Waals surface area (Å²) >= 11 is 0. The molecule has 104 valence electrons. The molecule has 1 saturated carbocycles. The molecule has 5 nitrogen and oxygen atoms in total. The lowest BCUT2D eigenvalue weighted by atomic mass is 10.2. The topological polar surface area (TPSA) is 53.1 Å². The average molecular weight is 261 g/mol. The van der Waals surface area contributed by atoms with Crippen LogP contribution in [-0.2, 0) is 0 Å². The lowest BCUT2D eigenvalue weighted by Gasteiger charge is -2.16. The van der Waals surface area contributed by atoms with E-state index in [1.54, 1.807) is 6.33 Å². The summed E-state index contributed by atoms with van der Waals surface area (Å²) in [5.74, 6) is 1.85. The standard InChI is InChI=1S/C14H23N5/c1-2-6-15-13-8-14(17-10-16-13)18-11-5-7-19(9-11)12-3-4-12/h8,10-12H,2-7,9H2,1H3,(H2,15,16,17,18). The molecule has 1 saturated heterocycles. The zero-order chi connectivity index (χ0) is 13.1. The fourth-order valence-electron chi connectivity index (χ4n) is 2.67. The Kier molecular flexibility index (Phi) is 3.82. The summed E-state index contributed by atoms with van der Waals surface area (Å²) in [6.45, 7) is 5.49. The van der Waals surface area contributed by atoms with E-state index in [1.165, 1.54) is 25.8 Å². The van der Waals surface area contributed by atoms with Crippen molar-refractivity contribution in [2.75, 3.05) is 30.3 Å². The van der Waals surface area contributed by atoms with Gasteiger partial charge in [-0.05, 0) is 25.7 Å². The predicted octanol–water partition coefficient (Wildman–Crippen LogP) is 1.95. The van der Waals surface area contributed by atoms with E-state index >= 15 is 0 Å². The zero-order valence-electron chi connectivity index (χ0n) is 11.6. The van der Waals surface area contributed by atoms with Gasteiger partial charge in [0.2, 0.25) is 0 Å². The minimum atomic E-state index is 0.537. The molecule has 2 fully saturated rings. The summed E-state index contributed by atoms with van der Waals surface area (Å²) in [7, 11) is 0. The lowest BCUT2D eigenvalue weighted by molar-refractivity contribution is 0.326. The van der Waals surface area contributed by atoms with E-state index in [0.717, 1.165) is 37.2 Å². The Hall–Kier alpha value is -1.36. The fraction of sp³-hybridized carbons (Fsp3) is 0.714. The number of hydrogen-bond donors (Lipinski definition) is 2. The first-order chi connectivity index (χ1) is 9.35. The normalized spacial score (nSPS) is 23.5. The van der Waals surface area contributed by atoms with Gasteiger partial charge in [-0.1, -0.05) is 6.92 Å². The van der Waals surface area contributed by atoms with Gasteiger partial charge in [0.05, 0.1) is 0 Å². The van der Waals surface area contributed by atoms with E-state index in [1.807, 2.05) is 6.07 Å². The van der Waals surface area contributed by atoms with Crippen LogP contribution >= 0.6 is 0 Å². The van der Waals surface area contributed by atoms with Crippen molar-refractivity contribution in [2.24, 2.45) is 0 Å². The zero-order valence-corrected chi connectivity index (χ0v) is 11.6. The van der Waals surface area contributed by atoms with Crippen LogP contribution in [0, 0.1) is 0 Å². The van der Waals surface area contributed by atoms with Crippen molar-refractivity contribution < 1.29 is 0 Å². The van der Waals surface area contributed by atoms with Gasteiger partial charge in [0.15, 0.2) is 0 Å². The number of nitrogens with zero attached hydrogens (tertiary/aromatic N) is 3. The minimum absolute atomic E-state index is 0.537. The Morgan fingerprint density at radius 2 is 2.11 bits per heavy atom. The van der Waals surface area contributed by atoms with Crippen molar-refractivity contribution >= 4 is 11.6 Å². The van der Waals surface area contributed by atoms with Crippen LogP contribution in [0.4, 0.5) is 11.6 Å². The van der Waals surface area contributed by atoms with E-state index in [2.05, 4.69) is 32.4 Å². The Morgan fingerprint density at radius 1 is 1.26 bits per heavy atom. The molecule has 1 atom stereocenters. The van der Waals surface area contributed by atoms with Gasteiger partial charge < -0.3 is 10.6 Å². The van der Waals surface area contributed by atoms with E-state index in [9.17, 15) is 0 Å². The number of aromatic nitrogens is 2. The van der Waals surface area contributed by atoms with Crippen molar-refractivity contribution in [1.82, 2.24) is 14.9 Å². The van der Waals surface area contributed by atoms with Gasteiger partial charge in [0.25, 0.3) is 0 Å². The van der Waals surface area contributed by atoms with Gasteiger partial charge in [0.1, 0.15) is 18.0 Å². The molecule has 0 bridgehead atoms. The van der Waals surface area contributed by atoms with Crippen LogP contribution in [-0.4, -0.2) is 46.6 Å². The molecule has 2 N–H and O–H groups in total. The Bertz CT molecular complexity index is 418. The molecule has 0 amide bonds. The van der Waals surface area contributed by atoms with Gasteiger partial charge in [-0.3, -0.25) is 4.90 Å². The molecule has 1 aliphatic carbocycles. The maximum atomic E-state index is 4.32. The van der Waals surface area contributed by atoms with Gasteiger partial charge in [0, 0.05) is 37.8 Å². The summed E-state index contributed by atoms with van der Waals surface area (Å²) in [5, 5.41) is 6.83. The number of likely N-dealkylation sites (tertiary alicyclic amines) is 1. The molecule has 0 spiro atoms. The number of nitrogens with one attached hydrogen (secondary N) is 2. The molecule has 1 aromatic rings. The second kappa shape index (κ2) is 5.74. The number of hydrogen-bond acceptors (Lipinski definition) is 5. The van der Waals surface area contributed by atoms with Gasteiger partial charge in [-0.25, -0.2) is 9.97 Å². The van der Waals surface area contributed by atoms with Gasteiger partial charge in [-0.15, -0.1) is 0 Å². The average Bonchev–Trinajstić information content (AvgIpc) is 3.18. The van der Waals surface area contributed by atoms with E-state index in [-0.39, 0.29) is 0 Å². The third-order valence-corrected chi connectivity index (χ3v) is 3.86. The monoisotopic (exact) mass is 261 g/mol. The molecule has 1 unspecified atom stereocenters. The molecule has 2 heterocycles. The fourth-order valence-corrected chi connectivity index (χ4v) is 2.67. The van der Waals surface area contributed by atoms with Gasteiger partial charge in [-0.2, -0.15) is 0 Å². The summed E-state index contributed by atoms with van der Waals surface area (Å²) in [4.78, 5) is 11.2. The summed E-state index contributed by atoms with van der Waals surface area (Å²) < 4.78 is 0. The smallest absolute Gasteiger partial charge is 0.131 e. The van der Waals surface area contributed by atoms with Crippen LogP contribution in [0.1, 0.15) is 32.6 Å². The maximum absolute atomic E-state index is 4.32. The largest absolute Gasteiger partial charge is 0.370 e. The molecule has 19 heavy (non-hydrogen) atoms. The van der Waals surface area contributed by atoms with Crippen molar-refractivity contribution in [3.05, 3.63) is 12.4 Å². The van der Waals surface area contributed by atoms with Crippen LogP contribution in [0.3, 0.4) is 0 Å². The third kappa shape index (κ3) is 3.35. The number of anilines is 2. The third-order valence-electron chi connectivity index (χ3n) is 3.86. The van der Waals surface area contributed by atoms with Crippen LogP contribution in [0.2, 0.25) is 0 Å². The molecule has 1 aliphatic heterocycles. The molecular formula is C14H23N5. The van der Waals surface area contributed by atoms with Gasteiger partial charge >= 0.3 is 0 Å². The Morgan fingerprint density at radius 3 is 2.89 bits per heavy atom. The van der Waals surface area contributed by atoms with Crippen molar-refractivity contribution in [3.8, 4) is 0 Å². The highest BCUT2D eigenvalue weighted by Crippen LogP contribution is 2.30. The van der Waals surface area contributed by atoms with Crippen molar-refractivity contribution in [3.63, 3.8) is 0 Å². The lowest BCUT2D eigenvalue weighted by Crippen LogP contribution is -2.28. The highest BCUT2D eigenvalue weighted by atomic mass is 15.2. The summed E-state index contributed by atoms with van der Waals surface area (Å²) in [6.07, 6.45) is 6.74. The van der Waals surface area contributed by atoms with Crippen LogP contribution in [0.25, 0.3) is 0 Å². The molecular weight excluding hydrogens is 238 g/mol. The quantitative estimate of drug-likeness (QED) is 0.819. The molecule has 3 rings (SSSR count). The SMILES string of the molecule is CCCNc1cc(NC2CCN(C3CC3)C2)ncn1. The second-order valence-electron chi connectivity index (χ2n) is 5.57. The molecule has 1 aromatic heterocycles. The van der Waals surface area contributed by atoms with Crippen LogP contribution < -0.4 is 10.6 Å². The molecule has 0 radical (unpaired) electrons. The van der Waals surface area contributed by atoms with Crippen molar-refractivity contribution in [2.45, 2.75) is 44.7 Å². The van der Waals surface area contributed by atoms with E-state index in [0.29, 0.717) is 6.04 Å². The Labute approximate surface area is 114 Å². The minimum Gasteiger partial charge on any atom is -0.370 e. The second-order valence-corrected chi connectivity index (χ2v) is 5.57. The van der Waals surface area contributed by atoms with Crippen LogP contribution in [0.5, 0.6) is 0 Å². The van der Waals surface area contributed by atoms with E-state index in [4.69, 9.17) is 0 Å². The molecule has 2 aliphatic rings. The highest BCUT2D eigenvalue weighted by molar-refractivity contribution is 5.47. The first-order valence-corrected chi connectivity index (χ1v) is 7.41. The highest BCUT2D eigenvalue weighted by Gasteiger charge is 2.34. The first-order valence-electron chi connectivity index (χ1n) is 7.41. The summed E-state index contributed by atoms with van der Waals surface area (Å²) in [5.41, 5.74) is 0. The number of rotatable bonds is 6. The maximum Gasteiger partial charge on any atom is 0.131 e. The molecule has 0 aromatic carbocycles. The summed E-state index contributed by atoms with van der Waals surface area (Å²) in [6, 6.07) is 3.42. The van der Waals surface area contributed by atoms with Crippen molar-refractivity contribution in [1.29, 1.82) is 0 Å². The Balaban J connectivity index is 1.54. The first kappa shape index (κ1) is 12.7. The predicted molar refractivity (Wildman–Crippen MR) is 77.4 cm³/mol. The van der Waals surface area contributed by atoms with Crippen LogP contribution in [0.15, 0.2) is 12.4 Å².